The molecule has 3 aromatic rings. The lowest BCUT2D eigenvalue weighted by molar-refractivity contribution is 0.501. The largest absolute Gasteiger partial charge is 0.317 e. The van der Waals surface area contributed by atoms with E-state index < -0.39 is 0 Å². The van der Waals surface area contributed by atoms with E-state index in [2.05, 4.69) is 103 Å². The van der Waals surface area contributed by atoms with Gasteiger partial charge >= 0.3 is 0 Å². The van der Waals surface area contributed by atoms with Gasteiger partial charge in [0.2, 0.25) is 0 Å². The zero-order valence-electron chi connectivity index (χ0n) is 23.5. The molecular formula is C36H51N. The second-order valence-corrected chi connectivity index (χ2v) is 10.7. The lowest BCUT2D eigenvalue weighted by atomic mass is 9.67. The summed E-state index contributed by atoms with van der Waals surface area (Å²) >= 11 is 0. The molecule has 0 atom stereocenters. The van der Waals surface area contributed by atoms with Crippen molar-refractivity contribution in [2.75, 3.05) is 13.1 Å². The van der Waals surface area contributed by atoms with Gasteiger partial charge in [-0.05, 0) is 42.6 Å². The summed E-state index contributed by atoms with van der Waals surface area (Å²) in [6.45, 7) is 4.42. The first-order chi connectivity index (χ1) is 18.4. The summed E-state index contributed by atoms with van der Waals surface area (Å²) in [6, 6.07) is 33.2. The van der Waals surface area contributed by atoms with Crippen molar-refractivity contribution in [3.63, 3.8) is 0 Å². The minimum atomic E-state index is -0.146. The SMILES string of the molecule is CCCCCCCCCCCCCCCNCCC(c1ccccc1)(c1ccccc1)c1ccccc1. The van der Waals surface area contributed by atoms with Crippen LogP contribution in [-0.2, 0) is 5.41 Å². The van der Waals surface area contributed by atoms with Gasteiger partial charge in [-0.15, -0.1) is 0 Å². The summed E-state index contributed by atoms with van der Waals surface area (Å²) in [5.41, 5.74) is 3.97. The molecule has 1 heteroatoms. The van der Waals surface area contributed by atoms with Crippen molar-refractivity contribution in [2.45, 2.75) is 102 Å². The predicted octanol–water partition coefficient (Wildman–Crippen LogP) is 10.1. The lowest BCUT2D eigenvalue weighted by Crippen LogP contribution is -2.34. The van der Waals surface area contributed by atoms with Crippen LogP contribution in [0.3, 0.4) is 0 Å². The summed E-state index contributed by atoms with van der Waals surface area (Å²) in [5, 5.41) is 3.79. The molecule has 0 fully saturated rings. The normalized spacial score (nSPS) is 11.6. The van der Waals surface area contributed by atoms with Gasteiger partial charge in [0.1, 0.15) is 0 Å². The van der Waals surface area contributed by atoms with E-state index in [-0.39, 0.29) is 5.41 Å². The Labute approximate surface area is 228 Å². The van der Waals surface area contributed by atoms with E-state index in [1.54, 1.807) is 0 Å². The third-order valence-electron chi connectivity index (χ3n) is 7.93. The number of benzene rings is 3. The van der Waals surface area contributed by atoms with Crippen LogP contribution in [0, 0.1) is 0 Å². The maximum atomic E-state index is 3.79. The van der Waals surface area contributed by atoms with Gasteiger partial charge < -0.3 is 5.32 Å². The number of unbranched alkanes of at least 4 members (excludes halogenated alkanes) is 12. The summed E-state index contributed by atoms with van der Waals surface area (Å²) in [5.74, 6) is 0. The Kier molecular flexibility index (Phi) is 14.2. The third-order valence-corrected chi connectivity index (χ3v) is 7.93. The highest BCUT2D eigenvalue weighted by atomic mass is 14.8. The third kappa shape index (κ3) is 9.78. The first-order valence-corrected chi connectivity index (χ1v) is 15.2. The van der Waals surface area contributed by atoms with Crippen molar-refractivity contribution in [3.05, 3.63) is 108 Å². The predicted molar refractivity (Wildman–Crippen MR) is 162 cm³/mol. The first-order valence-electron chi connectivity index (χ1n) is 15.2. The monoisotopic (exact) mass is 497 g/mol. The van der Waals surface area contributed by atoms with E-state index >= 15 is 0 Å². The molecule has 0 bridgehead atoms. The van der Waals surface area contributed by atoms with Crippen LogP contribution in [0.25, 0.3) is 0 Å². The van der Waals surface area contributed by atoms with Crippen LogP contribution in [0.4, 0.5) is 0 Å². The summed E-state index contributed by atoms with van der Waals surface area (Å²) in [4.78, 5) is 0. The quantitative estimate of drug-likeness (QED) is 0.121. The smallest absolute Gasteiger partial charge is 0.0463 e. The first kappa shape index (κ1) is 29.2. The molecule has 0 unspecified atom stereocenters. The fourth-order valence-electron chi connectivity index (χ4n) is 5.77. The molecule has 0 aromatic heterocycles. The van der Waals surface area contributed by atoms with Crippen LogP contribution >= 0.6 is 0 Å². The fourth-order valence-corrected chi connectivity index (χ4v) is 5.77. The molecule has 3 aromatic carbocycles. The summed E-state index contributed by atoms with van der Waals surface area (Å²) in [6.07, 6.45) is 19.4. The standard InChI is InChI=1S/C36H51N/c1-2-3-4-5-6-7-8-9-10-11-12-13-23-31-37-32-30-36(33-24-17-14-18-25-33,34-26-19-15-20-27-34)35-28-21-16-22-29-35/h14-22,24-29,37H,2-13,23,30-32H2,1H3. The number of hydrogen-bond donors (Lipinski definition) is 1. The Morgan fingerprint density at radius 1 is 0.432 bits per heavy atom. The highest BCUT2D eigenvalue weighted by Crippen LogP contribution is 2.41. The van der Waals surface area contributed by atoms with E-state index in [1.165, 1.54) is 100 Å². The Bertz CT molecular complexity index is 822. The molecule has 37 heavy (non-hydrogen) atoms. The van der Waals surface area contributed by atoms with E-state index in [0.29, 0.717) is 0 Å². The topological polar surface area (TPSA) is 12.0 Å². The average molecular weight is 498 g/mol. The molecule has 0 aliphatic heterocycles. The molecule has 0 spiro atoms. The van der Waals surface area contributed by atoms with Crippen molar-refractivity contribution >= 4 is 0 Å². The Balaban J connectivity index is 1.41. The van der Waals surface area contributed by atoms with Gasteiger partial charge in [0.05, 0.1) is 0 Å². The molecule has 3 rings (SSSR count). The zero-order valence-corrected chi connectivity index (χ0v) is 23.5. The van der Waals surface area contributed by atoms with Crippen LogP contribution in [0.5, 0.6) is 0 Å². The van der Waals surface area contributed by atoms with Gasteiger partial charge in [-0.3, -0.25) is 0 Å². The second kappa shape index (κ2) is 18.0. The molecule has 0 radical (unpaired) electrons. The van der Waals surface area contributed by atoms with E-state index in [9.17, 15) is 0 Å². The van der Waals surface area contributed by atoms with Gasteiger partial charge in [0.15, 0.2) is 0 Å². The van der Waals surface area contributed by atoms with E-state index in [0.717, 1.165) is 19.5 Å². The van der Waals surface area contributed by atoms with Crippen molar-refractivity contribution in [1.82, 2.24) is 5.32 Å². The molecule has 0 aliphatic carbocycles. The summed E-state index contributed by atoms with van der Waals surface area (Å²) < 4.78 is 0. The molecular weight excluding hydrogens is 446 g/mol. The molecule has 0 saturated carbocycles. The minimum Gasteiger partial charge on any atom is -0.317 e. The molecule has 200 valence electrons. The molecule has 1 N–H and O–H groups in total. The van der Waals surface area contributed by atoms with Crippen LogP contribution in [-0.4, -0.2) is 13.1 Å². The van der Waals surface area contributed by atoms with Gasteiger partial charge in [0, 0.05) is 5.41 Å². The van der Waals surface area contributed by atoms with Crippen LogP contribution in [0.2, 0.25) is 0 Å². The Morgan fingerprint density at radius 2 is 0.784 bits per heavy atom. The van der Waals surface area contributed by atoms with Crippen molar-refractivity contribution in [3.8, 4) is 0 Å². The van der Waals surface area contributed by atoms with Crippen LogP contribution in [0.15, 0.2) is 91.0 Å². The molecule has 0 amide bonds. The van der Waals surface area contributed by atoms with Gasteiger partial charge in [-0.1, -0.05) is 175 Å². The van der Waals surface area contributed by atoms with Crippen LogP contribution in [0.1, 0.15) is 114 Å². The average Bonchev–Trinajstić information content (AvgIpc) is 2.96. The highest BCUT2D eigenvalue weighted by molar-refractivity contribution is 5.50. The maximum absolute atomic E-state index is 3.79. The molecule has 0 saturated heterocycles. The Hall–Kier alpha value is -2.38. The van der Waals surface area contributed by atoms with E-state index in [4.69, 9.17) is 0 Å². The molecule has 0 heterocycles. The fraction of sp³-hybridized carbons (Fsp3) is 0.500. The number of nitrogens with one attached hydrogen (secondary N) is 1. The number of hydrogen-bond acceptors (Lipinski definition) is 1. The van der Waals surface area contributed by atoms with Gasteiger partial charge in [-0.25, -0.2) is 0 Å². The minimum absolute atomic E-state index is 0.146. The van der Waals surface area contributed by atoms with Gasteiger partial charge in [-0.2, -0.15) is 0 Å². The molecule has 1 nitrogen and oxygen atoms in total. The molecule has 0 aliphatic rings. The van der Waals surface area contributed by atoms with E-state index in [1.807, 2.05) is 0 Å². The number of rotatable bonds is 20. The van der Waals surface area contributed by atoms with Gasteiger partial charge in [0.25, 0.3) is 0 Å². The van der Waals surface area contributed by atoms with Crippen molar-refractivity contribution < 1.29 is 0 Å². The summed E-state index contributed by atoms with van der Waals surface area (Å²) in [7, 11) is 0. The zero-order chi connectivity index (χ0) is 25.9. The Morgan fingerprint density at radius 3 is 1.16 bits per heavy atom. The van der Waals surface area contributed by atoms with Crippen molar-refractivity contribution in [1.29, 1.82) is 0 Å². The second-order valence-electron chi connectivity index (χ2n) is 10.7. The highest BCUT2D eigenvalue weighted by Gasteiger charge is 2.35. The maximum Gasteiger partial charge on any atom is 0.0463 e. The lowest BCUT2D eigenvalue weighted by Gasteiger charge is -2.36. The van der Waals surface area contributed by atoms with Crippen molar-refractivity contribution in [2.24, 2.45) is 0 Å². The van der Waals surface area contributed by atoms with Crippen LogP contribution < -0.4 is 5.32 Å².